The van der Waals surface area contributed by atoms with Crippen LogP contribution in [0.3, 0.4) is 0 Å². The third-order valence-electron chi connectivity index (χ3n) is 2.64. The van der Waals surface area contributed by atoms with Gasteiger partial charge in [-0.3, -0.25) is 0 Å². The van der Waals surface area contributed by atoms with Crippen molar-refractivity contribution in [1.29, 1.82) is 0 Å². The van der Waals surface area contributed by atoms with E-state index in [0.29, 0.717) is 12.2 Å². The molecular formula is C13H9BrF3NO2S. The highest BCUT2D eigenvalue weighted by molar-refractivity contribution is 9.10. The zero-order valence-electron chi connectivity index (χ0n) is 10.4. The van der Waals surface area contributed by atoms with Gasteiger partial charge in [-0.2, -0.15) is 13.2 Å². The fourth-order valence-electron chi connectivity index (χ4n) is 1.71. The number of alkyl halides is 3. The molecule has 1 heterocycles. The van der Waals surface area contributed by atoms with E-state index in [1.165, 1.54) is 17.4 Å². The molecule has 1 aromatic heterocycles. The van der Waals surface area contributed by atoms with E-state index in [-0.39, 0.29) is 0 Å². The number of carboxylic acids is 1. The van der Waals surface area contributed by atoms with Crippen molar-refractivity contribution >= 4 is 38.9 Å². The van der Waals surface area contributed by atoms with Gasteiger partial charge < -0.3 is 10.4 Å². The number of halogens is 4. The van der Waals surface area contributed by atoms with E-state index in [0.717, 1.165) is 21.5 Å². The summed E-state index contributed by atoms with van der Waals surface area (Å²) in [4.78, 5) is 11.9. The maximum absolute atomic E-state index is 12.7. The first kappa shape index (κ1) is 15.8. The van der Waals surface area contributed by atoms with Gasteiger partial charge in [0.15, 0.2) is 0 Å². The molecule has 1 aromatic carbocycles. The smallest absolute Gasteiger partial charge is 0.417 e. The number of hydrogen-bond donors (Lipinski definition) is 2. The van der Waals surface area contributed by atoms with Crippen molar-refractivity contribution in [1.82, 2.24) is 0 Å². The standard InChI is InChI=1S/C13H9BrF3NO2S/c14-7-3-9(21-6-7)5-18-8-1-2-11(13(15,16)17)10(4-8)12(19)20/h1-4,6,18H,5H2,(H,19,20). The Labute approximate surface area is 130 Å². The van der Waals surface area contributed by atoms with E-state index in [1.54, 1.807) is 0 Å². The number of hydrogen-bond acceptors (Lipinski definition) is 3. The molecule has 0 spiro atoms. The third kappa shape index (κ3) is 3.98. The molecular weight excluding hydrogens is 371 g/mol. The Morgan fingerprint density at radius 2 is 2.05 bits per heavy atom. The molecule has 0 saturated heterocycles. The van der Waals surface area contributed by atoms with Crippen LogP contribution in [0.2, 0.25) is 0 Å². The van der Waals surface area contributed by atoms with E-state index < -0.39 is 23.3 Å². The van der Waals surface area contributed by atoms with Crippen molar-refractivity contribution in [3.8, 4) is 0 Å². The second-order valence-electron chi connectivity index (χ2n) is 4.15. The van der Waals surface area contributed by atoms with Crippen LogP contribution in [0, 0.1) is 0 Å². The van der Waals surface area contributed by atoms with E-state index in [9.17, 15) is 18.0 Å². The monoisotopic (exact) mass is 379 g/mol. The summed E-state index contributed by atoms with van der Waals surface area (Å²) in [5.74, 6) is -1.61. The van der Waals surface area contributed by atoms with Gasteiger partial charge in [-0.05, 0) is 40.2 Å². The zero-order valence-corrected chi connectivity index (χ0v) is 12.8. The van der Waals surface area contributed by atoms with Crippen LogP contribution >= 0.6 is 27.3 Å². The van der Waals surface area contributed by atoms with Crippen LogP contribution in [0.5, 0.6) is 0 Å². The van der Waals surface area contributed by atoms with E-state index in [4.69, 9.17) is 5.11 Å². The minimum absolute atomic E-state index is 0.324. The second kappa shape index (κ2) is 6.07. The van der Waals surface area contributed by atoms with Crippen LogP contribution in [-0.4, -0.2) is 11.1 Å². The number of carbonyl (C=O) groups is 1. The van der Waals surface area contributed by atoms with E-state index in [2.05, 4.69) is 21.2 Å². The number of thiophene rings is 1. The Morgan fingerprint density at radius 3 is 2.57 bits per heavy atom. The Bertz CT molecular complexity index is 670. The Morgan fingerprint density at radius 1 is 1.33 bits per heavy atom. The molecule has 0 bridgehead atoms. The van der Waals surface area contributed by atoms with Crippen LogP contribution in [0.1, 0.15) is 20.8 Å². The van der Waals surface area contributed by atoms with Crippen LogP contribution in [0.15, 0.2) is 34.1 Å². The number of rotatable bonds is 4. The number of anilines is 1. The predicted molar refractivity (Wildman–Crippen MR) is 77.7 cm³/mol. The first-order valence-electron chi connectivity index (χ1n) is 5.68. The fourth-order valence-corrected chi connectivity index (χ4v) is 3.10. The molecule has 0 aliphatic heterocycles. The van der Waals surface area contributed by atoms with Crippen molar-refractivity contribution in [2.24, 2.45) is 0 Å². The largest absolute Gasteiger partial charge is 0.478 e. The normalized spacial score (nSPS) is 11.4. The fraction of sp³-hybridized carbons (Fsp3) is 0.154. The average molecular weight is 380 g/mol. The van der Waals surface area contributed by atoms with Crippen molar-refractivity contribution in [2.75, 3.05) is 5.32 Å². The Hall–Kier alpha value is -1.54. The Kier molecular flexibility index (Phi) is 4.58. The van der Waals surface area contributed by atoms with Crippen LogP contribution in [0.4, 0.5) is 18.9 Å². The first-order chi connectivity index (χ1) is 9.77. The molecule has 3 nitrogen and oxygen atoms in total. The second-order valence-corrected chi connectivity index (χ2v) is 6.06. The van der Waals surface area contributed by atoms with Gasteiger partial charge >= 0.3 is 12.1 Å². The summed E-state index contributed by atoms with van der Waals surface area (Å²) in [6, 6.07) is 4.86. The van der Waals surface area contributed by atoms with E-state index in [1.807, 2.05) is 11.4 Å². The summed E-state index contributed by atoms with van der Waals surface area (Å²) in [5.41, 5.74) is -1.59. The minimum atomic E-state index is -4.69. The molecule has 8 heteroatoms. The maximum Gasteiger partial charge on any atom is 0.417 e. The predicted octanol–water partition coefficient (Wildman–Crippen LogP) is 4.84. The lowest BCUT2D eigenvalue weighted by molar-refractivity contribution is -0.138. The first-order valence-corrected chi connectivity index (χ1v) is 7.36. The molecule has 0 atom stereocenters. The van der Waals surface area contributed by atoms with Gasteiger partial charge in [0, 0.05) is 27.0 Å². The molecule has 0 aliphatic rings. The van der Waals surface area contributed by atoms with Gasteiger partial charge in [-0.15, -0.1) is 11.3 Å². The zero-order chi connectivity index (χ0) is 15.6. The lowest BCUT2D eigenvalue weighted by atomic mass is 10.1. The number of benzene rings is 1. The third-order valence-corrected chi connectivity index (χ3v) is 4.34. The summed E-state index contributed by atoms with van der Waals surface area (Å²) in [6.45, 7) is 0.403. The lowest BCUT2D eigenvalue weighted by Crippen LogP contribution is -2.13. The molecule has 0 fully saturated rings. The molecule has 0 aliphatic carbocycles. The molecule has 21 heavy (non-hydrogen) atoms. The summed E-state index contributed by atoms with van der Waals surface area (Å²) in [5, 5.41) is 13.7. The van der Waals surface area contributed by atoms with Gasteiger partial charge in [0.1, 0.15) is 0 Å². The molecule has 2 rings (SSSR count). The molecule has 0 amide bonds. The molecule has 112 valence electrons. The van der Waals surface area contributed by atoms with Crippen LogP contribution < -0.4 is 5.32 Å². The van der Waals surface area contributed by atoms with Crippen LogP contribution in [0.25, 0.3) is 0 Å². The van der Waals surface area contributed by atoms with Crippen molar-refractivity contribution in [3.63, 3.8) is 0 Å². The molecule has 2 aromatic rings. The molecule has 2 N–H and O–H groups in total. The lowest BCUT2D eigenvalue weighted by Gasteiger charge is -2.12. The van der Waals surface area contributed by atoms with Crippen molar-refractivity contribution < 1.29 is 23.1 Å². The summed E-state index contributed by atoms with van der Waals surface area (Å²) >= 11 is 4.78. The van der Waals surface area contributed by atoms with Gasteiger partial charge in [0.05, 0.1) is 11.1 Å². The van der Waals surface area contributed by atoms with Crippen LogP contribution in [-0.2, 0) is 12.7 Å². The van der Waals surface area contributed by atoms with E-state index >= 15 is 0 Å². The van der Waals surface area contributed by atoms with Gasteiger partial charge in [-0.1, -0.05) is 0 Å². The van der Waals surface area contributed by atoms with Crippen molar-refractivity contribution in [3.05, 3.63) is 50.1 Å². The SMILES string of the molecule is O=C(O)c1cc(NCc2cc(Br)cs2)ccc1C(F)(F)F. The van der Waals surface area contributed by atoms with Gasteiger partial charge in [0.25, 0.3) is 0 Å². The highest BCUT2D eigenvalue weighted by Gasteiger charge is 2.35. The summed E-state index contributed by atoms with van der Waals surface area (Å²) in [7, 11) is 0. The van der Waals surface area contributed by atoms with Gasteiger partial charge in [0.2, 0.25) is 0 Å². The highest BCUT2D eigenvalue weighted by Crippen LogP contribution is 2.33. The van der Waals surface area contributed by atoms with Gasteiger partial charge in [-0.25, -0.2) is 4.79 Å². The molecule has 0 saturated carbocycles. The number of nitrogens with one attached hydrogen (secondary N) is 1. The Balaban J connectivity index is 2.22. The maximum atomic E-state index is 12.7. The average Bonchev–Trinajstić information content (AvgIpc) is 2.80. The minimum Gasteiger partial charge on any atom is -0.478 e. The summed E-state index contributed by atoms with van der Waals surface area (Å²) in [6.07, 6.45) is -4.69. The molecule has 0 unspecified atom stereocenters. The van der Waals surface area contributed by atoms with Crippen molar-refractivity contribution in [2.45, 2.75) is 12.7 Å². The topological polar surface area (TPSA) is 49.3 Å². The number of carboxylic acid groups (broad SMARTS) is 1. The summed E-state index contributed by atoms with van der Waals surface area (Å²) < 4.78 is 39.0. The molecule has 0 radical (unpaired) electrons. The highest BCUT2D eigenvalue weighted by atomic mass is 79.9. The number of aromatic carboxylic acids is 1. The quantitative estimate of drug-likeness (QED) is 0.798.